The number of hydrogen-bond acceptors (Lipinski definition) is 2. The number of nitrogens with one attached hydrogen (secondary N) is 2. The van der Waals surface area contributed by atoms with E-state index in [1.54, 1.807) is 6.19 Å². The van der Waals surface area contributed by atoms with E-state index in [9.17, 15) is 4.39 Å². The van der Waals surface area contributed by atoms with E-state index < -0.39 is 6.67 Å². The number of aliphatic imine (C=N–C) groups is 1. The minimum Gasteiger partial charge on any atom is -0.353 e. The van der Waals surface area contributed by atoms with Gasteiger partial charge in [-0.1, -0.05) is 31.2 Å². The van der Waals surface area contributed by atoms with Crippen LogP contribution in [0.1, 0.15) is 24.0 Å². The van der Waals surface area contributed by atoms with E-state index in [2.05, 4.69) is 34.7 Å². The lowest BCUT2D eigenvalue weighted by Crippen LogP contribution is -2.45. The van der Waals surface area contributed by atoms with E-state index in [4.69, 9.17) is 5.26 Å². The summed E-state index contributed by atoms with van der Waals surface area (Å²) in [6, 6.07) is 8.47. The number of guanidine groups is 1. The normalized spacial score (nSPS) is 21.6. The fraction of sp³-hybridized carbons (Fsp3) is 0.429. The van der Waals surface area contributed by atoms with Gasteiger partial charge in [0.05, 0.1) is 0 Å². The fourth-order valence-corrected chi connectivity index (χ4v) is 2.48. The summed E-state index contributed by atoms with van der Waals surface area (Å²) in [6.07, 6.45) is 2.62. The first-order chi connectivity index (χ1) is 9.26. The zero-order chi connectivity index (χ0) is 13.7. The van der Waals surface area contributed by atoms with Gasteiger partial charge in [0.25, 0.3) is 0 Å². The third-order valence-electron chi connectivity index (χ3n) is 3.46. The van der Waals surface area contributed by atoms with Crippen LogP contribution in [0.15, 0.2) is 29.3 Å². The molecular weight excluding hydrogens is 243 g/mol. The predicted octanol–water partition coefficient (Wildman–Crippen LogP) is 1.70. The maximum atomic E-state index is 12.2. The smallest absolute Gasteiger partial charge is 0.209 e. The Morgan fingerprint density at radius 3 is 3.00 bits per heavy atom. The maximum Gasteiger partial charge on any atom is 0.209 e. The van der Waals surface area contributed by atoms with Gasteiger partial charge in [-0.15, -0.1) is 4.99 Å². The summed E-state index contributed by atoms with van der Waals surface area (Å²) in [4.78, 5) is 3.66. The molecule has 2 atom stereocenters. The molecule has 0 saturated heterocycles. The zero-order valence-electron chi connectivity index (χ0n) is 10.9. The van der Waals surface area contributed by atoms with Crippen LogP contribution in [-0.4, -0.2) is 25.2 Å². The minimum atomic E-state index is -0.493. The Morgan fingerprint density at radius 2 is 2.32 bits per heavy atom. The predicted molar refractivity (Wildman–Crippen MR) is 72.5 cm³/mol. The number of benzene rings is 1. The number of fused-ring (bicyclic) bond motifs is 1. The molecule has 0 amide bonds. The van der Waals surface area contributed by atoms with E-state index in [0.29, 0.717) is 11.9 Å². The molecule has 0 heterocycles. The van der Waals surface area contributed by atoms with Crippen LogP contribution >= 0.6 is 0 Å². The zero-order valence-corrected chi connectivity index (χ0v) is 10.9. The van der Waals surface area contributed by atoms with Gasteiger partial charge >= 0.3 is 0 Å². The topological polar surface area (TPSA) is 60.2 Å². The van der Waals surface area contributed by atoms with Crippen molar-refractivity contribution in [2.24, 2.45) is 4.99 Å². The molecule has 1 aromatic rings. The van der Waals surface area contributed by atoms with Crippen molar-refractivity contribution in [2.45, 2.75) is 25.3 Å². The van der Waals surface area contributed by atoms with Crippen LogP contribution in [0.3, 0.4) is 0 Å². The highest BCUT2D eigenvalue weighted by Crippen LogP contribution is 2.32. The number of nitriles is 1. The van der Waals surface area contributed by atoms with Gasteiger partial charge in [-0.05, 0) is 17.5 Å². The summed E-state index contributed by atoms with van der Waals surface area (Å²) >= 11 is 0. The van der Waals surface area contributed by atoms with E-state index in [1.807, 2.05) is 12.1 Å². The van der Waals surface area contributed by atoms with Gasteiger partial charge in [-0.3, -0.25) is 0 Å². The SMILES string of the molecule is CC1c2ccccc2CC1N/C(=N\C#N)NCCF. The maximum absolute atomic E-state index is 12.2. The minimum absolute atomic E-state index is 0.154. The molecule has 0 aliphatic heterocycles. The molecule has 0 aromatic heterocycles. The molecule has 0 spiro atoms. The van der Waals surface area contributed by atoms with Crippen molar-refractivity contribution in [3.63, 3.8) is 0 Å². The Labute approximate surface area is 112 Å². The number of halogens is 1. The summed E-state index contributed by atoms with van der Waals surface area (Å²) in [6.45, 7) is 1.80. The molecule has 100 valence electrons. The molecule has 2 unspecified atom stereocenters. The van der Waals surface area contributed by atoms with E-state index >= 15 is 0 Å². The van der Waals surface area contributed by atoms with Crippen LogP contribution in [0.25, 0.3) is 0 Å². The number of alkyl halides is 1. The largest absolute Gasteiger partial charge is 0.353 e. The van der Waals surface area contributed by atoms with Gasteiger partial charge in [0.1, 0.15) is 6.67 Å². The van der Waals surface area contributed by atoms with Crippen LogP contribution in [0.5, 0.6) is 0 Å². The number of rotatable bonds is 3. The lowest BCUT2D eigenvalue weighted by atomic mass is 10.0. The first kappa shape index (κ1) is 13.3. The third kappa shape index (κ3) is 3.02. The summed E-state index contributed by atoms with van der Waals surface area (Å²) in [5, 5.41) is 14.6. The molecule has 0 fully saturated rings. The highest BCUT2D eigenvalue weighted by Gasteiger charge is 2.29. The molecule has 1 aliphatic rings. The number of nitrogens with zero attached hydrogens (tertiary/aromatic N) is 2. The molecule has 1 aliphatic carbocycles. The van der Waals surface area contributed by atoms with E-state index in [0.717, 1.165) is 6.42 Å². The molecule has 0 bridgehead atoms. The van der Waals surface area contributed by atoms with Gasteiger partial charge in [0, 0.05) is 18.5 Å². The average Bonchev–Trinajstić information content (AvgIpc) is 2.74. The van der Waals surface area contributed by atoms with Crippen molar-refractivity contribution < 1.29 is 4.39 Å². The lowest BCUT2D eigenvalue weighted by molar-refractivity contribution is 0.484. The molecule has 2 rings (SSSR count). The third-order valence-corrected chi connectivity index (χ3v) is 3.46. The Hall–Kier alpha value is -2.09. The standard InChI is InChI=1S/C14H17FN4/c1-10-12-5-3-2-4-11(12)8-13(10)19-14(18-9-16)17-7-6-15/h2-5,10,13H,6-8H2,1H3,(H2,17,18,19). The Kier molecular flexibility index (Phi) is 4.35. The Bertz CT molecular complexity index is 506. The van der Waals surface area contributed by atoms with Crippen molar-refractivity contribution in [1.29, 1.82) is 5.26 Å². The highest BCUT2D eigenvalue weighted by atomic mass is 19.1. The Balaban J connectivity index is 2.05. The van der Waals surface area contributed by atoms with Crippen molar-refractivity contribution in [3.8, 4) is 6.19 Å². The molecule has 1 aromatic carbocycles. The molecule has 4 nitrogen and oxygen atoms in total. The molecule has 0 saturated carbocycles. The Morgan fingerprint density at radius 1 is 1.53 bits per heavy atom. The van der Waals surface area contributed by atoms with Crippen LogP contribution in [-0.2, 0) is 6.42 Å². The average molecular weight is 260 g/mol. The highest BCUT2D eigenvalue weighted by molar-refractivity contribution is 5.81. The van der Waals surface area contributed by atoms with E-state index in [1.165, 1.54) is 11.1 Å². The molecular formula is C14H17FN4. The second-order valence-electron chi connectivity index (χ2n) is 4.62. The molecule has 5 heteroatoms. The van der Waals surface area contributed by atoms with Gasteiger partial charge in [0.15, 0.2) is 0 Å². The van der Waals surface area contributed by atoms with Gasteiger partial charge < -0.3 is 10.6 Å². The second-order valence-corrected chi connectivity index (χ2v) is 4.62. The van der Waals surface area contributed by atoms with Gasteiger partial charge in [-0.25, -0.2) is 4.39 Å². The summed E-state index contributed by atoms with van der Waals surface area (Å²) in [5.74, 6) is 0.692. The quantitative estimate of drug-likeness (QED) is 0.494. The fourth-order valence-electron chi connectivity index (χ4n) is 2.48. The summed E-state index contributed by atoms with van der Waals surface area (Å²) in [7, 11) is 0. The van der Waals surface area contributed by atoms with Crippen LogP contribution in [0.2, 0.25) is 0 Å². The second kappa shape index (κ2) is 6.19. The molecule has 2 N–H and O–H groups in total. The van der Waals surface area contributed by atoms with E-state index in [-0.39, 0.29) is 12.6 Å². The molecule has 19 heavy (non-hydrogen) atoms. The van der Waals surface area contributed by atoms with Crippen molar-refractivity contribution >= 4 is 5.96 Å². The van der Waals surface area contributed by atoms with Crippen LogP contribution < -0.4 is 10.6 Å². The molecule has 0 radical (unpaired) electrons. The van der Waals surface area contributed by atoms with Crippen LogP contribution in [0.4, 0.5) is 4.39 Å². The first-order valence-electron chi connectivity index (χ1n) is 6.37. The number of hydrogen-bond donors (Lipinski definition) is 2. The van der Waals surface area contributed by atoms with Crippen molar-refractivity contribution in [2.75, 3.05) is 13.2 Å². The van der Waals surface area contributed by atoms with Gasteiger partial charge in [0.2, 0.25) is 12.2 Å². The van der Waals surface area contributed by atoms with Crippen molar-refractivity contribution in [3.05, 3.63) is 35.4 Å². The summed E-state index contributed by atoms with van der Waals surface area (Å²) in [5.41, 5.74) is 2.64. The van der Waals surface area contributed by atoms with Gasteiger partial charge in [-0.2, -0.15) is 5.26 Å². The van der Waals surface area contributed by atoms with Crippen LogP contribution in [0, 0.1) is 11.5 Å². The first-order valence-corrected chi connectivity index (χ1v) is 6.37. The lowest BCUT2D eigenvalue weighted by Gasteiger charge is -2.20. The monoisotopic (exact) mass is 260 g/mol. The summed E-state index contributed by atoms with van der Waals surface area (Å²) < 4.78 is 12.2. The van der Waals surface area contributed by atoms with Crippen molar-refractivity contribution in [1.82, 2.24) is 10.6 Å².